The number of H-pyrrole nitrogens is 1. The molecular formula is C9H6BrClN2S. The maximum atomic E-state index is 5.89. The number of aromatic amines is 1. The molecule has 14 heavy (non-hydrogen) atoms. The van der Waals surface area contributed by atoms with Gasteiger partial charge in [-0.1, -0.05) is 11.6 Å². The van der Waals surface area contributed by atoms with Crippen LogP contribution in [0.25, 0.3) is 5.69 Å². The fourth-order valence-corrected chi connectivity index (χ4v) is 1.88. The van der Waals surface area contributed by atoms with E-state index < -0.39 is 0 Å². The molecule has 0 saturated heterocycles. The number of nitrogens with zero attached hydrogens (tertiary/aromatic N) is 1. The maximum Gasteiger partial charge on any atom is 0.181 e. The van der Waals surface area contributed by atoms with Crippen LogP contribution in [0.1, 0.15) is 0 Å². The van der Waals surface area contributed by atoms with E-state index in [2.05, 4.69) is 20.9 Å². The topological polar surface area (TPSA) is 20.7 Å². The normalized spacial score (nSPS) is 10.4. The van der Waals surface area contributed by atoms with Crippen molar-refractivity contribution >= 4 is 39.7 Å². The summed E-state index contributed by atoms with van der Waals surface area (Å²) in [4.78, 5) is 2.93. The number of halogens is 2. The van der Waals surface area contributed by atoms with Crippen LogP contribution in [0.15, 0.2) is 35.1 Å². The summed E-state index contributed by atoms with van der Waals surface area (Å²) in [7, 11) is 0. The minimum atomic E-state index is 0.666. The van der Waals surface area contributed by atoms with E-state index in [9.17, 15) is 0 Å². The van der Waals surface area contributed by atoms with Crippen LogP contribution in [0.2, 0.25) is 5.02 Å². The monoisotopic (exact) mass is 288 g/mol. The highest BCUT2D eigenvalue weighted by Crippen LogP contribution is 2.24. The predicted octanol–water partition coefficient (Wildman–Crippen LogP) is 3.95. The molecule has 0 amide bonds. The van der Waals surface area contributed by atoms with Crippen LogP contribution in [-0.4, -0.2) is 9.55 Å². The first-order valence-electron chi connectivity index (χ1n) is 3.90. The Morgan fingerprint density at radius 2 is 2.21 bits per heavy atom. The van der Waals surface area contributed by atoms with Crippen molar-refractivity contribution in [2.24, 2.45) is 0 Å². The standard InChI is InChI=1S/C9H6BrClN2S/c10-7-5-6(1-2-8(7)11)13-4-3-12-9(13)14/h1-5H,(H,12,14). The molecule has 0 atom stereocenters. The Labute approximate surface area is 99.7 Å². The van der Waals surface area contributed by atoms with Crippen LogP contribution in [0.5, 0.6) is 0 Å². The van der Waals surface area contributed by atoms with Gasteiger partial charge in [0.25, 0.3) is 0 Å². The van der Waals surface area contributed by atoms with Gasteiger partial charge in [-0.25, -0.2) is 0 Å². The SMILES string of the molecule is S=c1[nH]ccn1-c1ccc(Cl)c(Br)c1. The molecule has 0 aliphatic rings. The van der Waals surface area contributed by atoms with Gasteiger partial charge in [-0.15, -0.1) is 0 Å². The second kappa shape index (κ2) is 3.88. The molecule has 2 rings (SSSR count). The number of aromatic nitrogens is 2. The number of nitrogens with one attached hydrogen (secondary N) is 1. The third kappa shape index (κ3) is 1.78. The van der Waals surface area contributed by atoms with E-state index in [0.717, 1.165) is 10.2 Å². The number of hydrogen-bond acceptors (Lipinski definition) is 1. The molecule has 0 aliphatic heterocycles. The predicted molar refractivity (Wildman–Crippen MR) is 63.7 cm³/mol. The summed E-state index contributed by atoms with van der Waals surface area (Å²) in [5.41, 5.74) is 0.979. The van der Waals surface area contributed by atoms with Gasteiger partial charge < -0.3 is 4.98 Å². The van der Waals surface area contributed by atoms with Gasteiger partial charge in [0.05, 0.1) is 5.02 Å². The quantitative estimate of drug-likeness (QED) is 0.788. The van der Waals surface area contributed by atoms with Gasteiger partial charge in [-0.3, -0.25) is 4.57 Å². The lowest BCUT2D eigenvalue weighted by atomic mass is 10.3. The zero-order valence-corrected chi connectivity index (χ0v) is 10.2. The number of rotatable bonds is 1. The van der Waals surface area contributed by atoms with Crippen LogP contribution in [-0.2, 0) is 0 Å². The first kappa shape index (κ1) is 9.96. The molecule has 1 N–H and O–H groups in total. The third-order valence-corrected chi connectivity index (χ3v) is 3.36. The molecule has 5 heteroatoms. The molecule has 0 radical (unpaired) electrons. The minimum Gasteiger partial charge on any atom is -0.337 e. The van der Waals surface area contributed by atoms with Gasteiger partial charge in [0.1, 0.15) is 0 Å². The smallest absolute Gasteiger partial charge is 0.181 e. The van der Waals surface area contributed by atoms with Gasteiger partial charge in [0, 0.05) is 22.6 Å². The zero-order chi connectivity index (χ0) is 10.1. The summed E-state index contributed by atoms with van der Waals surface area (Å²) >= 11 is 14.4. The summed E-state index contributed by atoms with van der Waals surface area (Å²) in [6.07, 6.45) is 3.67. The fourth-order valence-electron chi connectivity index (χ4n) is 1.16. The molecule has 0 unspecified atom stereocenters. The molecule has 0 fully saturated rings. The van der Waals surface area contributed by atoms with Crippen molar-refractivity contribution in [1.29, 1.82) is 0 Å². The average Bonchev–Trinajstić information content (AvgIpc) is 2.57. The van der Waals surface area contributed by atoms with Crippen molar-refractivity contribution in [1.82, 2.24) is 9.55 Å². The number of imidazole rings is 1. The molecule has 1 heterocycles. The lowest BCUT2D eigenvalue weighted by molar-refractivity contribution is 1.03. The number of benzene rings is 1. The molecule has 2 nitrogen and oxygen atoms in total. The summed E-state index contributed by atoms with van der Waals surface area (Å²) < 4.78 is 3.40. The van der Waals surface area contributed by atoms with E-state index in [0.29, 0.717) is 9.79 Å². The van der Waals surface area contributed by atoms with Crippen molar-refractivity contribution in [3.8, 4) is 5.69 Å². The van der Waals surface area contributed by atoms with Crippen molar-refractivity contribution < 1.29 is 0 Å². The van der Waals surface area contributed by atoms with Gasteiger partial charge in [0.2, 0.25) is 0 Å². The molecule has 0 bridgehead atoms. The Kier molecular flexibility index (Phi) is 2.76. The van der Waals surface area contributed by atoms with Crippen LogP contribution in [0.4, 0.5) is 0 Å². The van der Waals surface area contributed by atoms with Crippen molar-refractivity contribution in [3.63, 3.8) is 0 Å². The van der Waals surface area contributed by atoms with Crippen molar-refractivity contribution in [2.75, 3.05) is 0 Å². The van der Waals surface area contributed by atoms with Crippen LogP contribution in [0, 0.1) is 4.77 Å². The molecule has 0 aliphatic carbocycles. The Morgan fingerprint density at radius 1 is 1.43 bits per heavy atom. The van der Waals surface area contributed by atoms with Crippen LogP contribution >= 0.6 is 39.7 Å². The second-order valence-electron chi connectivity index (χ2n) is 2.73. The van der Waals surface area contributed by atoms with Gasteiger partial charge >= 0.3 is 0 Å². The van der Waals surface area contributed by atoms with Crippen molar-refractivity contribution in [3.05, 3.63) is 44.9 Å². The van der Waals surface area contributed by atoms with Gasteiger partial charge in [-0.05, 0) is 46.3 Å². The van der Waals surface area contributed by atoms with Crippen LogP contribution < -0.4 is 0 Å². The highest BCUT2D eigenvalue weighted by atomic mass is 79.9. The highest BCUT2D eigenvalue weighted by molar-refractivity contribution is 9.10. The lowest BCUT2D eigenvalue weighted by Gasteiger charge is -2.03. The Balaban J connectivity index is 2.59. The summed E-state index contributed by atoms with van der Waals surface area (Å²) in [6, 6.07) is 5.67. The Morgan fingerprint density at radius 3 is 2.79 bits per heavy atom. The van der Waals surface area contributed by atoms with Crippen molar-refractivity contribution in [2.45, 2.75) is 0 Å². The molecular weight excluding hydrogens is 284 g/mol. The first-order valence-corrected chi connectivity index (χ1v) is 5.48. The fraction of sp³-hybridized carbons (Fsp3) is 0. The summed E-state index contributed by atoms with van der Waals surface area (Å²) in [6.45, 7) is 0. The molecule has 1 aromatic carbocycles. The Bertz CT molecular complexity index is 518. The molecule has 0 saturated carbocycles. The highest BCUT2D eigenvalue weighted by Gasteiger charge is 2.01. The van der Waals surface area contributed by atoms with E-state index in [-0.39, 0.29) is 0 Å². The average molecular weight is 290 g/mol. The van der Waals surface area contributed by atoms with E-state index in [1.54, 1.807) is 6.20 Å². The lowest BCUT2D eigenvalue weighted by Crippen LogP contribution is -1.91. The largest absolute Gasteiger partial charge is 0.337 e. The minimum absolute atomic E-state index is 0.666. The van der Waals surface area contributed by atoms with Gasteiger partial charge in [-0.2, -0.15) is 0 Å². The van der Waals surface area contributed by atoms with E-state index >= 15 is 0 Å². The summed E-state index contributed by atoms with van der Waals surface area (Å²) in [5, 5.41) is 0.691. The molecule has 72 valence electrons. The summed E-state index contributed by atoms with van der Waals surface area (Å²) in [5.74, 6) is 0. The zero-order valence-electron chi connectivity index (χ0n) is 7.00. The first-order chi connectivity index (χ1) is 6.68. The molecule has 0 spiro atoms. The molecule has 2 aromatic rings. The maximum absolute atomic E-state index is 5.89. The number of hydrogen-bond donors (Lipinski definition) is 1. The Hall–Kier alpha value is -0.580. The van der Waals surface area contributed by atoms with Crippen LogP contribution in [0.3, 0.4) is 0 Å². The molecule has 1 aromatic heterocycles. The third-order valence-electron chi connectivity index (χ3n) is 1.83. The van der Waals surface area contributed by atoms with E-state index in [4.69, 9.17) is 23.8 Å². The van der Waals surface area contributed by atoms with E-state index in [1.807, 2.05) is 29.0 Å². The van der Waals surface area contributed by atoms with Gasteiger partial charge in [0.15, 0.2) is 4.77 Å². The van der Waals surface area contributed by atoms with E-state index in [1.165, 1.54) is 0 Å². The second-order valence-corrected chi connectivity index (χ2v) is 4.38.